The average Bonchev–Trinajstić information content (AvgIpc) is 2.48. The number of ether oxygens (including phenoxy) is 1. The number of nitrogens with zero attached hydrogens (tertiary/aromatic N) is 2. The van der Waals surface area contributed by atoms with Crippen LogP contribution in [-0.4, -0.2) is 22.6 Å². The summed E-state index contributed by atoms with van der Waals surface area (Å²) >= 11 is 5.77. The van der Waals surface area contributed by atoms with Gasteiger partial charge in [0.15, 0.2) is 5.38 Å². The van der Waals surface area contributed by atoms with Gasteiger partial charge in [-0.1, -0.05) is 0 Å². The summed E-state index contributed by atoms with van der Waals surface area (Å²) < 4.78 is 6.15. The molecule has 1 heterocycles. The van der Waals surface area contributed by atoms with E-state index in [2.05, 4.69) is 9.72 Å². The summed E-state index contributed by atoms with van der Waals surface area (Å²) in [5.41, 5.74) is 0.628. The molecule has 0 fully saturated rings. The molecule has 0 aliphatic carbocycles. The van der Waals surface area contributed by atoms with Crippen molar-refractivity contribution >= 4 is 17.6 Å². The molecule has 12 heavy (non-hydrogen) atoms. The van der Waals surface area contributed by atoms with Crippen molar-refractivity contribution in [2.75, 3.05) is 7.11 Å². The number of methoxy groups -OCH3 is 1. The molecule has 0 spiro atoms. The van der Waals surface area contributed by atoms with Crippen molar-refractivity contribution in [3.63, 3.8) is 0 Å². The number of aromatic nitrogens is 2. The molecule has 0 aromatic carbocycles. The molecule has 0 saturated carbocycles. The van der Waals surface area contributed by atoms with Crippen LogP contribution in [0, 0.1) is 0 Å². The van der Waals surface area contributed by atoms with Crippen LogP contribution in [-0.2, 0) is 16.6 Å². The molecule has 1 aromatic rings. The van der Waals surface area contributed by atoms with Crippen LogP contribution >= 0.6 is 11.6 Å². The maximum Gasteiger partial charge on any atom is 0.329 e. The number of carbonyl (C=O) groups is 1. The highest BCUT2D eigenvalue weighted by Crippen LogP contribution is 2.20. The van der Waals surface area contributed by atoms with E-state index in [0.29, 0.717) is 5.69 Å². The van der Waals surface area contributed by atoms with Gasteiger partial charge in [0.2, 0.25) is 0 Å². The molecule has 0 aliphatic heterocycles. The minimum atomic E-state index is -0.775. The molecule has 1 atom stereocenters. The van der Waals surface area contributed by atoms with Gasteiger partial charge in [-0.25, -0.2) is 4.98 Å². The van der Waals surface area contributed by atoms with Crippen LogP contribution in [0.15, 0.2) is 12.5 Å². The fourth-order valence-corrected chi connectivity index (χ4v) is 1.14. The zero-order valence-electron chi connectivity index (χ0n) is 6.82. The highest BCUT2D eigenvalue weighted by atomic mass is 35.5. The van der Waals surface area contributed by atoms with Gasteiger partial charge in [-0.3, -0.25) is 4.79 Å². The molecule has 0 aliphatic rings. The number of aryl methyl sites for hydroxylation is 1. The minimum absolute atomic E-state index is 0.472. The lowest BCUT2D eigenvalue weighted by molar-refractivity contribution is -0.140. The van der Waals surface area contributed by atoms with Gasteiger partial charge in [-0.2, -0.15) is 0 Å². The Hall–Kier alpha value is -1.03. The van der Waals surface area contributed by atoms with Crippen LogP contribution < -0.4 is 0 Å². The normalized spacial score (nSPS) is 12.6. The van der Waals surface area contributed by atoms with E-state index in [1.165, 1.54) is 13.3 Å². The summed E-state index contributed by atoms with van der Waals surface area (Å²) in [4.78, 5) is 14.8. The van der Waals surface area contributed by atoms with Gasteiger partial charge in [0.25, 0.3) is 0 Å². The molecule has 4 nitrogen and oxygen atoms in total. The molecule has 66 valence electrons. The number of alkyl halides is 1. The number of rotatable bonds is 2. The second-order valence-electron chi connectivity index (χ2n) is 2.32. The van der Waals surface area contributed by atoms with E-state index < -0.39 is 11.3 Å². The Bertz CT molecular complexity index is 285. The van der Waals surface area contributed by atoms with Crippen molar-refractivity contribution in [2.24, 2.45) is 7.05 Å². The third-order valence-corrected chi connectivity index (χ3v) is 1.92. The van der Waals surface area contributed by atoms with E-state index in [1.807, 2.05) is 0 Å². The molecule has 0 radical (unpaired) electrons. The van der Waals surface area contributed by atoms with Gasteiger partial charge in [0.05, 0.1) is 25.3 Å². The first-order valence-corrected chi connectivity index (χ1v) is 3.78. The predicted octanol–water partition coefficient (Wildman–Crippen LogP) is 0.873. The monoisotopic (exact) mass is 188 g/mol. The largest absolute Gasteiger partial charge is 0.468 e. The highest BCUT2D eigenvalue weighted by Gasteiger charge is 2.20. The summed E-state index contributed by atoms with van der Waals surface area (Å²) in [7, 11) is 3.06. The molecule has 5 heteroatoms. The molecule has 1 rings (SSSR count). The van der Waals surface area contributed by atoms with Gasteiger partial charge >= 0.3 is 5.97 Å². The van der Waals surface area contributed by atoms with Crippen molar-refractivity contribution in [1.82, 2.24) is 9.55 Å². The van der Waals surface area contributed by atoms with Crippen LogP contribution in [0.3, 0.4) is 0 Å². The molecule has 0 N–H and O–H groups in total. The van der Waals surface area contributed by atoms with E-state index in [4.69, 9.17) is 11.6 Å². The number of halogens is 1. The summed E-state index contributed by atoms with van der Waals surface area (Å²) in [5.74, 6) is -0.472. The number of carbonyl (C=O) groups excluding carboxylic acids is 1. The lowest BCUT2D eigenvalue weighted by atomic mass is 10.3. The van der Waals surface area contributed by atoms with E-state index in [0.717, 1.165) is 0 Å². The number of hydrogen-bond acceptors (Lipinski definition) is 3. The predicted molar refractivity (Wildman–Crippen MR) is 43.8 cm³/mol. The summed E-state index contributed by atoms with van der Waals surface area (Å²) in [6.45, 7) is 0. The maximum atomic E-state index is 11.0. The SMILES string of the molecule is COC(=O)C(Cl)c1cncn1C. The first kappa shape index (κ1) is 9.06. The fraction of sp³-hybridized carbons (Fsp3) is 0.429. The number of hydrogen-bond donors (Lipinski definition) is 0. The van der Waals surface area contributed by atoms with Gasteiger partial charge < -0.3 is 9.30 Å². The average molecular weight is 189 g/mol. The standard InChI is InChI=1S/C7H9ClN2O2/c1-10-4-9-3-5(10)6(8)7(11)12-2/h3-4,6H,1-2H3. The second kappa shape index (κ2) is 3.58. The lowest BCUT2D eigenvalue weighted by Gasteiger charge is -2.06. The van der Waals surface area contributed by atoms with Crippen LogP contribution in [0.4, 0.5) is 0 Å². The molecule has 0 saturated heterocycles. The van der Waals surface area contributed by atoms with Crippen LogP contribution in [0.2, 0.25) is 0 Å². The Morgan fingerprint density at radius 3 is 2.92 bits per heavy atom. The first-order chi connectivity index (χ1) is 5.66. The topological polar surface area (TPSA) is 44.1 Å². The minimum Gasteiger partial charge on any atom is -0.468 e. The Morgan fingerprint density at radius 1 is 1.83 bits per heavy atom. The van der Waals surface area contributed by atoms with Crippen molar-refractivity contribution in [3.8, 4) is 0 Å². The van der Waals surface area contributed by atoms with E-state index in [9.17, 15) is 4.79 Å². The van der Waals surface area contributed by atoms with Gasteiger partial charge in [-0.15, -0.1) is 11.6 Å². The lowest BCUT2D eigenvalue weighted by Crippen LogP contribution is -2.11. The first-order valence-electron chi connectivity index (χ1n) is 3.35. The molecule has 0 bridgehead atoms. The number of esters is 1. The van der Waals surface area contributed by atoms with Crippen LogP contribution in [0.5, 0.6) is 0 Å². The van der Waals surface area contributed by atoms with Crippen LogP contribution in [0.1, 0.15) is 11.1 Å². The molecular weight excluding hydrogens is 180 g/mol. The second-order valence-corrected chi connectivity index (χ2v) is 2.75. The van der Waals surface area contributed by atoms with Crippen molar-refractivity contribution < 1.29 is 9.53 Å². The summed E-state index contributed by atoms with van der Waals surface area (Å²) in [5, 5.41) is -0.775. The molecule has 1 aromatic heterocycles. The Balaban J connectivity index is 2.84. The van der Waals surface area contributed by atoms with Crippen LogP contribution in [0.25, 0.3) is 0 Å². The Morgan fingerprint density at radius 2 is 2.50 bits per heavy atom. The Kier molecular flexibility index (Phi) is 2.70. The summed E-state index contributed by atoms with van der Waals surface area (Å²) in [6, 6.07) is 0. The van der Waals surface area contributed by atoms with Gasteiger partial charge in [0, 0.05) is 7.05 Å². The maximum absolute atomic E-state index is 11.0. The van der Waals surface area contributed by atoms with Crippen molar-refractivity contribution in [2.45, 2.75) is 5.38 Å². The smallest absolute Gasteiger partial charge is 0.329 e. The van der Waals surface area contributed by atoms with Crippen molar-refractivity contribution in [3.05, 3.63) is 18.2 Å². The third kappa shape index (κ3) is 1.58. The van der Waals surface area contributed by atoms with E-state index >= 15 is 0 Å². The van der Waals surface area contributed by atoms with Gasteiger partial charge in [0.1, 0.15) is 0 Å². The van der Waals surface area contributed by atoms with E-state index in [1.54, 1.807) is 17.9 Å². The molecule has 0 amide bonds. The highest BCUT2D eigenvalue weighted by molar-refractivity contribution is 6.29. The molecule has 1 unspecified atom stereocenters. The zero-order valence-corrected chi connectivity index (χ0v) is 7.58. The van der Waals surface area contributed by atoms with Gasteiger partial charge in [-0.05, 0) is 0 Å². The zero-order chi connectivity index (χ0) is 9.14. The fourth-order valence-electron chi connectivity index (χ4n) is 0.836. The van der Waals surface area contributed by atoms with E-state index in [-0.39, 0.29) is 0 Å². The quantitative estimate of drug-likeness (QED) is 0.511. The van der Waals surface area contributed by atoms with Crippen molar-refractivity contribution in [1.29, 1.82) is 0 Å². The molecular formula is C7H9ClN2O2. The third-order valence-electron chi connectivity index (χ3n) is 1.52. The Labute approximate surface area is 75.1 Å². The number of imidazole rings is 1. The summed E-state index contributed by atoms with van der Waals surface area (Å²) in [6.07, 6.45) is 3.11.